The van der Waals surface area contributed by atoms with E-state index in [0.717, 1.165) is 12.1 Å². The highest BCUT2D eigenvalue weighted by molar-refractivity contribution is 7.14. The third-order valence-corrected chi connectivity index (χ3v) is 5.71. The molecule has 0 atom stereocenters. The molecule has 1 N–H and O–H groups in total. The van der Waals surface area contributed by atoms with E-state index in [-0.39, 0.29) is 18.4 Å². The Labute approximate surface area is 173 Å². The Morgan fingerprint density at radius 1 is 1.10 bits per heavy atom. The molecule has 148 valence electrons. The highest BCUT2D eigenvalue weighted by Crippen LogP contribution is 2.23. The second kappa shape index (κ2) is 8.87. The lowest BCUT2D eigenvalue weighted by atomic mass is 10.1. The molecule has 29 heavy (non-hydrogen) atoms. The van der Waals surface area contributed by atoms with Crippen LogP contribution in [0.4, 0.5) is 15.6 Å². The molecular weight excluding hydrogens is 384 g/mol. The van der Waals surface area contributed by atoms with Gasteiger partial charge in [0.25, 0.3) is 0 Å². The van der Waals surface area contributed by atoms with Gasteiger partial charge in [0, 0.05) is 30.7 Å². The van der Waals surface area contributed by atoms with Crippen molar-refractivity contribution in [1.82, 2.24) is 10.3 Å². The largest absolute Gasteiger partial charge is 0.336 e. The minimum atomic E-state index is -0.133. The number of nitrogens with zero attached hydrogens (tertiary/aromatic N) is 3. The monoisotopic (exact) mass is 406 g/mol. The number of rotatable bonds is 7. The molecule has 0 bridgehead atoms. The van der Waals surface area contributed by atoms with Gasteiger partial charge < -0.3 is 10.2 Å². The number of urea groups is 1. The number of carbonyl (C=O) groups is 2. The van der Waals surface area contributed by atoms with Crippen LogP contribution in [-0.4, -0.2) is 36.6 Å². The molecular formula is C22H22N4O2S. The highest BCUT2D eigenvalue weighted by atomic mass is 32.1. The number of benzene rings is 2. The molecule has 0 aliphatic carbocycles. The quantitative estimate of drug-likeness (QED) is 0.653. The predicted molar refractivity (Wildman–Crippen MR) is 116 cm³/mol. The molecule has 0 spiro atoms. The van der Waals surface area contributed by atoms with E-state index < -0.39 is 0 Å². The van der Waals surface area contributed by atoms with Crippen LogP contribution in [0.15, 0.2) is 66.0 Å². The molecule has 0 unspecified atom stereocenters. The van der Waals surface area contributed by atoms with Gasteiger partial charge in [0.2, 0.25) is 5.91 Å². The van der Waals surface area contributed by atoms with E-state index in [9.17, 15) is 9.59 Å². The van der Waals surface area contributed by atoms with Crippen molar-refractivity contribution in [2.24, 2.45) is 0 Å². The summed E-state index contributed by atoms with van der Waals surface area (Å²) in [6, 6.07) is 19.7. The minimum Gasteiger partial charge on any atom is -0.336 e. The van der Waals surface area contributed by atoms with Gasteiger partial charge in [-0.2, -0.15) is 0 Å². The average Bonchev–Trinajstić information content (AvgIpc) is 3.38. The number of nitrogens with one attached hydrogen (secondary N) is 1. The summed E-state index contributed by atoms with van der Waals surface area (Å²) in [4.78, 5) is 32.9. The van der Waals surface area contributed by atoms with Crippen LogP contribution in [0, 0.1) is 0 Å². The fourth-order valence-corrected chi connectivity index (χ4v) is 4.15. The molecule has 3 aromatic rings. The van der Waals surface area contributed by atoms with Crippen LogP contribution in [0.2, 0.25) is 0 Å². The second-order valence-corrected chi connectivity index (χ2v) is 7.63. The summed E-state index contributed by atoms with van der Waals surface area (Å²) < 4.78 is 0. The summed E-state index contributed by atoms with van der Waals surface area (Å²) in [5, 5.41) is 5.27. The Morgan fingerprint density at radius 2 is 1.83 bits per heavy atom. The van der Waals surface area contributed by atoms with E-state index in [4.69, 9.17) is 0 Å². The van der Waals surface area contributed by atoms with Crippen LogP contribution in [0.1, 0.15) is 11.3 Å². The Hall–Kier alpha value is -3.19. The van der Waals surface area contributed by atoms with Crippen LogP contribution in [-0.2, 0) is 17.6 Å². The summed E-state index contributed by atoms with van der Waals surface area (Å²) in [5.74, 6) is -0.00476. The smallest absolute Gasteiger partial charge is 0.323 e. The summed E-state index contributed by atoms with van der Waals surface area (Å²) in [6.07, 6.45) is 0.980. The van der Waals surface area contributed by atoms with Crippen molar-refractivity contribution < 1.29 is 9.59 Å². The van der Waals surface area contributed by atoms with Crippen LogP contribution in [0.25, 0.3) is 0 Å². The van der Waals surface area contributed by atoms with E-state index in [2.05, 4.69) is 22.4 Å². The van der Waals surface area contributed by atoms with Gasteiger partial charge in [-0.05, 0) is 24.1 Å². The summed E-state index contributed by atoms with van der Waals surface area (Å²) in [7, 11) is 0. The predicted octanol–water partition coefficient (Wildman–Crippen LogP) is 3.49. The Balaban J connectivity index is 1.48. The van der Waals surface area contributed by atoms with Crippen molar-refractivity contribution in [1.29, 1.82) is 0 Å². The van der Waals surface area contributed by atoms with Crippen LogP contribution in [0.3, 0.4) is 0 Å². The van der Waals surface area contributed by atoms with Gasteiger partial charge in [-0.25, -0.2) is 9.78 Å². The van der Waals surface area contributed by atoms with Gasteiger partial charge >= 0.3 is 6.03 Å². The van der Waals surface area contributed by atoms with Crippen LogP contribution < -0.4 is 15.1 Å². The van der Waals surface area contributed by atoms with Crippen molar-refractivity contribution in [3.8, 4) is 0 Å². The van der Waals surface area contributed by atoms with Gasteiger partial charge in [-0.15, -0.1) is 11.3 Å². The Morgan fingerprint density at radius 3 is 2.52 bits per heavy atom. The molecule has 4 rings (SSSR count). The number of amides is 3. The first kappa shape index (κ1) is 19.1. The maximum Gasteiger partial charge on any atom is 0.323 e. The molecule has 1 fully saturated rings. The lowest BCUT2D eigenvalue weighted by Crippen LogP contribution is -2.34. The van der Waals surface area contributed by atoms with Crippen molar-refractivity contribution >= 4 is 34.1 Å². The van der Waals surface area contributed by atoms with E-state index in [1.807, 2.05) is 58.8 Å². The van der Waals surface area contributed by atoms with Crippen LogP contribution >= 0.6 is 11.3 Å². The third kappa shape index (κ3) is 4.63. The fraction of sp³-hybridized carbons (Fsp3) is 0.227. The van der Waals surface area contributed by atoms with E-state index in [1.54, 1.807) is 4.90 Å². The van der Waals surface area contributed by atoms with Crippen molar-refractivity contribution in [2.75, 3.05) is 29.4 Å². The topological polar surface area (TPSA) is 65.5 Å². The van der Waals surface area contributed by atoms with Gasteiger partial charge in [0.05, 0.1) is 12.1 Å². The number of thiazole rings is 1. The van der Waals surface area contributed by atoms with Gasteiger partial charge in [-0.1, -0.05) is 48.5 Å². The normalized spacial score (nSPS) is 13.4. The zero-order chi connectivity index (χ0) is 20.1. The molecule has 0 saturated carbocycles. The van der Waals surface area contributed by atoms with Gasteiger partial charge in [-0.3, -0.25) is 9.69 Å². The molecule has 1 aromatic heterocycles. The van der Waals surface area contributed by atoms with Crippen LogP contribution in [0.5, 0.6) is 0 Å². The van der Waals surface area contributed by atoms with E-state index >= 15 is 0 Å². The SMILES string of the molecule is O=C(Cc1csc(N2CCNC2=O)n1)N(CCc1ccccc1)c1ccccc1. The van der Waals surface area contributed by atoms with E-state index in [1.165, 1.54) is 16.9 Å². The first-order valence-electron chi connectivity index (χ1n) is 9.60. The fourth-order valence-electron chi connectivity index (χ4n) is 3.30. The molecule has 2 aromatic carbocycles. The molecule has 6 nitrogen and oxygen atoms in total. The van der Waals surface area contributed by atoms with Gasteiger partial charge in [0.1, 0.15) is 0 Å². The number of para-hydroxylation sites is 1. The number of hydrogen-bond donors (Lipinski definition) is 1. The molecule has 7 heteroatoms. The molecule has 1 aliphatic rings. The maximum atomic E-state index is 13.1. The molecule has 3 amide bonds. The zero-order valence-corrected chi connectivity index (χ0v) is 16.8. The van der Waals surface area contributed by atoms with Gasteiger partial charge in [0.15, 0.2) is 5.13 Å². The van der Waals surface area contributed by atoms with Crippen molar-refractivity contribution in [2.45, 2.75) is 12.8 Å². The standard InChI is InChI=1S/C22H22N4O2S/c27-20(15-18-16-29-22(24-18)26-14-12-23-21(26)28)25(19-9-5-2-6-10-19)13-11-17-7-3-1-4-8-17/h1-10,16H,11-15H2,(H,23,28). The molecule has 0 radical (unpaired) electrons. The molecule has 1 aliphatic heterocycles. The highest BCUT2D eigenvalue weighted by Gasteiger charge is 2.25. The first-order valence-corrected chi connectivity index (χ1v) is 10.5. The van der Waals surface area contributed by atoms with Crippen molar-refractivity contribution in [3.05, 3.63) is 77.3 Å². The lowest BCUT2D eigenvalue weighted by Gasteiger charge is -2.23. The minimum absolute atomic E-state index is 0.00476. The zero-order valence-electron chi connectivity index (χ0n) is 16.0. The maximum absolute atomic E-state index is 13.1. The average molecular weight is 407 g/mol. The number of hydrogen-bond acceptors (Lipinski definition) is 4. The molecule has 1 saturated heterocycles. The summed E-state index contributed by atoms with van der Waals surface area (Å²) >= 11 is 1.39. The number of carbonyl (C=O) groups excluding carboxylic acids is 2. The van der Waals surface area contributed by atoms with E-state index in [0.29, 0.717) is 30.5 Å². The van der Waals surface area contributed by atoms with Crippen molar-refractivity contribution in [3.63, 3.8) is 0 Å². The number of aromatic nitrogens is 1. The number of anilines is 2. The summed E-state index contributed by atoms with van der Waals surface area (Å²) in [6.45, 7) is 1.82. The third-order valence-electron chi connectivity index (χ3n) is 4.80. The first-order chi connectivity index (χ1) is 14.2. The Bertz CT molecular complexity index is 975. The Kier molecular flexibility index (Phi) is 5.86. The summed E-state index contributed by atoms with van der Waals surface area (Å²) in [5.41, 5.74) is 2.76. The lowest BCUT2D eigenvalue weighted by molar-refractivity contribution is -0.118. The second-order valence-electron chi connectivity index (χ2n) is 6.80. The molecule has 2 heterocycles.